The molecule has 0 bridgehead atoms. The number of unbranched alkanes of at least 4 members (excludes halogenated alkanes) is 17. The predicted octanol–water partition coefficient (Wildman–Crippen LogP) is 7.82. The first-order valence-corrected chi connectivity index (χ1v) is 19.1. The monoisotopic (exact) mass is 655 g/mol. The third-order valence-corrected chi connectivity index (χ3v) is 8.61. The van der Waals surface area contributed by atoms with Crippen molar-refractivity contribution in [1.82, 2.24) is 0 Å². The Hall–Kier alpha value is -1.64. The summed E-state index contributed by atoms with van der Waals surface area (Å²) in [5, 5.41) is 0. The number of rotatable bonds is 32. The van der Waals surface area contributed by atoms with E-state index in [4.69, 9.17) is 18.5 Å². The van der Waals surface area contributed by atoms with Crippen LogP contribution >= 0.6 is 7.82 Å². The van der Waals surface area contributed by atoms with Crippen LogP contribution in [0.25, 0.3) is 0 Å². The molecule has 0 aromatic carbocycles. The minimum Gasteiger partial charge on any atom is -0.756 e. The topological polar surface area (TPSA) is 115 Å². The number of hydrogen-bond donors (Lipinski definition) is 0. The molecule has 1 rings (SSSR count). The number of phosphoric ester groups is 1. The van der Waals surface area contributed by atoms with E-state index in [0.717, 1.165) is 38.6 Å². The molecular formula is C35H62NO8P. The van der Waals surface area contributed by atoms with Gasteiger partial charge < -0.3 is 23.4 Å². The summed E-state index contributed by atoms with van der Waals surface area (Å²) in [6.45, 7) is 4.46. The summed E-state index contributed by atoms with van der Waals surface area (Å²) in [6.07, 6.45) is 25.5. The van der Waals surface area contributed by atoms with Crippen molar-refractivity contribution in [2.75, 3.05) is 26.4 Å². The first kappa shape index (κ1) is 41.4. The first-order chi connectivity index (χ1) is 21.8. The average Bonchev–Trinajstić information content (AvgIpc) is 3.01. The zero-order valence-corrected chi connectivity index (χ0v) is 29.2. The predicted molar refractivity (Wildman–Crippen MR) is 176 cm³/mol. The van der Waals surface area contributed by atoms with E-state index >= 15 is 0 Å². The maximum absolute atomic E-state index is 12.2. The third kappa shape index (κ3) is 27.2. The standard InChI is InChI=1S/C35H62NO8P/c1-3-4-5-6-7-8-9-10-11-12-13-14-15-16-17-23-28-41-31-34(44-35(38)30-33(2)37)32-43-45(39,40)42-29-24-19-22-27-36-25-20-18-21-26-36/h18,20-21,25-26,34H,3-17,19,22-24,27-32H2,1-2H3. The van der Waals surface area contributed by atoms with Crippen molar-refractivity contribution in [1.29, 1.82) is 0 Å². The maximum atomic E-state index is 12.2. The lowest BCUT2D eigenvalue weighted by molar-refractivity contribution is -0.697. The van der Waals surface area contributed by atoms with Crippen LogP contribution in [0, 0.1) is 0 Å². The highest BCUT2D eigenvalue weighted by Gasteiger charge is 2.20. The fourth-order valence-corrected chi connectivity index (χ4v) is 5.83. The Morgan fingerprint density at radius 1 is 0.689 bits per heavy atom. The number of nitrogens with zero attached hydrogens (tertiary/aromatic N) is 1. The molecule has 1 heterocycles. The Kier molecular flexibility index (Phi) is 26.3. The van der Waals surface area contributed by atoms with Crippen LogP contribution in [0.2, 0.25) is 0 Å². The summed E-state index contributed by atoms with van der Waals surface area (Å²) >= 11 is 0. The van der Waals surface area contributed by atoms with Crippen LogP contribution in [-0.4, -0.2) is 44.3 Å². The van der Waals surface area contributed by atoms with Gasteiger partial charge in [0.1, 0.15) is 24.9 Å². The molecule has 0 fully saturated rings. The fraction of sp³-hybridized carbons (Fsp3) is 0.800. The lowest BCUT2D eigenvalue weighted by Gasteiger charge is -2.25. The fourth-order valence-electron chi connectivity index (χ4n) is 5.06. The highest BCUT2D eigenvalue weighted by Crippen LogP contribution is 2.38. The van der Waals surface area contributed by atoms with Crippen LogP contribution < -0.4 is 9.46 Å². The summed E-state index contributed by atoms with van der Waals surface area (Å²) in [6, 6.07) is 5.88. The van der Waals surface area contributed by atoms with Gasteiger partial charge >= 0.3 is 5.97 Å². The third-order valence-electron chi connectivity index (χ3n) is 7.64. The van der Waals surface area contributed by atoms with Crippen molar-refractivity contribution < 1.29 is 42.1 Å². The summed E-state index contributed by atoms with van der Waals surface area (Å²) in [7, 11) is -4.57. The Morgan fingerprint density at radius 3 is 1.76 bits per heavy atom. The number of ketones is 1. The van der Waals surface area contributed by atoms with E-state index in [1.54, 1.807) is 0 Å². The molecule has 0 spiro atoms. The normalized spacial score (nSPS) is 13.4. The van der Waals surface area contributed by atoms with Crippen molar-refractivity contribution >= 4 is 19.6 Å². The summed E-state index contributed by atoms with van der Waals surface area (Å²) < 4.78 is 35.2. The van der Waals surface area contributed by atoms with Gasteiger partial charge in [-0.25, -0.2) is 4.57 Å². The van der Waals surface area contributed by atoms with Crippen molar-refractivity contribution in [2.24, 2.45) is 0 Å². The SMILES string of the molecule is CCCCCCCCCCCCCCCCCCOCC(COP(=O)([O-])OCCCCC[n+]1ccccc1)OC(=O)CC(C)=O. The van der Waals surface area contributed by atoms with E-state index in [1.807, 2.05) is 30.6 Å². The molecule has 0 N–H and O–H groups in total. The summed E-state index contributed by atoms with van der Waals surface area (Å²) in [5.41, 5.74) is 0. The highest BCUT2D eigenvalue weighted by atomic mass is 31.2. The second-order valence-corrected chi connectivity index (χ2v) is 13.5. The maximum Gasteiger partial charge on any atom is 0.313 e. The zero-order valence-electron chi connectivity index (χ0n) is 28.3. The van der Waals surface area contributed by atoms with Crippen LogP contribution in [0.15, 0.2) is 30.6 Å². The van der Waals surface area contributed by atoms with Crippen molar-refractivity contribution in [3.05, 3.63) is 30.6 Å². The van der Waals surface area contributed by atoms with Crippen molar-refractivity contribution in [3.8, 4) is 0 Å². The highest BCUT2D eigenvalue weighted by molar-refractivity contribution is 7.45. The molecule has 2 atom stereocenters. The number of carbonyl (C=O) groups is 2. The van der Waals surface area contributed by atoms with E-state index < -0.39 is 26.5 Å². The summed E-state index contributed by atoms with van der Waals surface area (Å²) in [4.78, 5) is 35.5. The Morgan fingerprint density at radius 2 is 1.20 bits per heavy atom. The number of aromatic nitrogens is 1. The molecule has 45 heavy (non-hydrogen) atoms. The van der Waals surface area contributed by atoms with Crippen LogP contribution in [0.3, 0.4) is 0 Å². The lowest BCUT2D eigenvalue weighted by Crippen LogP contribution is -2.32. The Balaban J connectivity index is 2.13. The smallest absolute Gasteiger partial charge is 0.313 e. The molecule has 0 saturated heterocycles. The minimum atomic E-state index is -4.57. The minimum absolute atomic E-state index is 0.0143. The van der Waals surface area contributed by atoms with Gasteiger partial charge in [0.2, 0.25) is 0 Å². The van der Waals surface area contributed by atoms with Crippen molar-refractivity contribution in [2.45, 2.75) is 155 Å². The number of aryl methyl sites for hydroxylation is 1. The average molecular weight is 656 g/mol. The second-order valence-electron chi connectivity index (χ2n) is 12.1. The van der Waals surface area contributed by atoms with Crippen LogP contribution in [0.4, 0.5) is 0 Å². The molecule has 0 aliphatic carbocycles. The lowest BCUT2D eigenvalue weighted by atomic mass is 10.0. The van der Waals surface area contributed by atoms with Gasteiger partial charge in [-0.15, -0.1) is 0 Å². The molecule has 2 unspecified atom stereocenters. The van der Waals surface area contributed by atoms with Gasteiger partial charge in [0.15, 0.2) is 12.4 Å². The molecular weight excluding hydrogens is 593 g/mol. The molecule has 0 aliphatic heterocycles. The molecule has 1 aromatic heterocycles. The molecule has 260 valence electrons. The molecule has 0 amide bonds. The number of phosphoric acid groups is 1. The van der Waals surface area contributed by atoms with Gasteiger partial charge in [-0.3, -0.25) is 14.2 Å². The Bertz CT molecular complexity index is 901. The number of Topliss-reactive ketones (excluding diaryl/α,β-unsaturated/α-hetero) is 1. The van der Waals surface area contributed by atoms with Gasteiger partial charge in [-0.05, 0) is 26.2 Å². The van der Waals surface area contributed by atoms with E-state index in [9.17, 15) is 19.0 Å². The van der Waals surface area contributed by atoms with Gasteiger partial charge in [-0.1, -0.05) is 109 Å². The zero-order chi connectivity index (χ0) is 32.9. The van der Waals surface area contributed by atoms with Crippen molar-refractivity contribution in [3.63, 3.8) is 0 Å². The molecule has 10 heteroatoms. The number of ether oxygens (including phenoxy) is 2. The number of esters is 1. The van der Waals surface area contributed by atoms with Gasteiger partial charge in [0.25, 0.3) is 7.82 Å². The number of hydrogen-bond acceptors (Lipinski definition) is 8. The summed E-state index contributed by atoms with van der Waals surface area (Å²) in [5.74, 6) is -1.07. The van der Waals surface area contributed by atoms with Crippen LogP contribution in [0.1, 0.15) is 142 Å². The van der Waals surface area contributed by atoms with Gasteiger partial charge in [0.05, 0.1) is 19.8 Å². The first-order valence-electron chi connectivity index (χ1n) is 17.6. The Labute approximate surface area is 273 Å². The van der Waals surface area contributed by atoms with Crippen LogP contribution in [-0.2, 0) is 39.2 Å². The van der Waals surface area contributed by atoms with Gasteiger partial charge in [-0.2, -0.15) is 0 Å². The molecule has 0 aliphatic rings. The quantitative estimate of drug-likeness (QED) is 0.0254. The molecule has 0 radical (unpaired) electrons. The van der Waals surface area contributed by atoms with E-state index in [-0.39, 0.29) is 25.4 Å². The molecule has 9 nitrogen and oxygen atoms in total. The second kappa shape index (κ2) is 28.6. The van der Waals surface area contributed by atoms with Crippen LogP contribution in [0.5, 0.6) is 0 Å². The molecule has 1 aromatic rings. The largest absolute Gasteiger partial charge is 0.756 e. The number of pyridine rings is 1. The van der Waals surface area contributed by atoms with Gasteiger partial charge in [0, 0.05) is 25.2 Å². The van der Waals surface area contributed by atoms with E-state index in [0.29, 0.717) is 13.0 Å². The molecule has 0 saturated carbocycles. The van der Waals surface area contributed by atoms with E-state index in [1.165, 1.54) is 90.4 Å². The number of carbonyl (C=O) groups excluding carboxylic acids is 2. The van der Waals surface area contributed by atoms with E-state index in [2.05, 4.69) is 11.5 Å².